The standard InChI is InChI=1S/C14H22N2.ClH/c1-11-4-6-14(7-5-11)10-16-8-12(2)15-13(3)9-16;/h4-7,12-13,15H,8-10H2,1-3H3;1H. The number of aryl methyl sites for hydroxylation is 1. The Kier molecular flexibility index (Phi) is 5.44. The van der Waals surface area contributed by atoms with Gasteiger partial charge in [-0.2, -0.15) is 0 Å². The lowest BCUT2D eigenvalue weighted by atomic mass is 10.1. The molecule has 1 fully saturated rings. The third-order valence-electron chi connectivity index (χ3n) is 3.16. The Bertz CT molecular complexity index is 327. The maximum absolute atomic E-state index is 3.56. The second-order valence-electron chi connectivity index (χ2n) is 5.15. The van der Waals surface area contributed by atoms with E-state index >= 15 is 0 Å². The number of halogens is 1. The largest absolute Gasteiger partial charge is 0.309 e. The zero-order valence-electron chi connectivity index (χ0n) is 10.9. The van der Waals surface area contributed by atoms with Crippen LogP contribution in [-0.4, -0.2) is 30.1 Å². The summed E-state index contributed by atoms with van der Waals surface area (Å²) in [6.07, 6.45) is 0. The van der Waals surface area contributed by atoms with Crippen molar-refractivity contribution < 1.29 is 0 Å². The first-order valence-electron chi connectivity index (χ1n) is 6.17. The highest BCUT2D eigenvalue weighted by atomic mass is 35.5. The highest BCUT2D eigenvalue weighted by Gasteiger charge is 2.20. The van der Waals surface area contributed by atoms with E-state index in [9.17, 15) is 0 Å². The fourth-order valence-corrected chi connectivity index (χ4v) is 2.52. The molecular weight excluding hydrogens is 232 g/mol. The number of hydrogen-bond acceptors (Lipinski definition) is 2. The third-order valence-corrected chi connectivity index (χ3v) is 3.16. The molecule has 2 nitrogen and oxygen atoms in total. The molecule has 1 aliphatic heterocycles. The molecule has 1 saturated heterocycles. The molecule has 0 spiro atoms. The van der Waals surface area contributed by atoms with Crippen LogP contribution in [0.1, 0.15) is 25.0 Å². The van der Waals surface area contributed by atoms with Crippen LogP contribution in [-0.2, 0) is 6.54 Å². The van der Waals surface area contributed by atoms with Crippen LogP contribution in [0.2, 0.25) is 0 Å². The minimum Gasteiger partial charge on any atom is -0.309 e. The van der Waals surface area contributed by atoms with Crippen molar-refractivity contribution in [2.45, 2.75) is 39.4 Å². The van der Waals surface area contributed by atoms with Gasteiger partial charge < -0.3 is 5.32 Å². The summed E-state index contributed by atoms with van der Waals surface area (Å²) < 4.78 is 0. The van der Waals surface area contributed by atoms with Crippen molar-refractivity contribution in [2.75, 3.05) is 13.1 Å². The van der Waals surface area contributed by atoms with Crippen LogP contribution in [0.25, 0.3) is 0 Å². The quantitative estimate of drug-likeness (QED) is 0.873. The second-order valence-corrected chi connectivity index (χ2v) is 5.15. The lowest BCUT2D eigenvalue weighted by Crippen LogP contribution is -2.53. The van der Waals surface area contributed by atoms with Gasteiger partial charge in [-0.05, 0) is 26.3 Å². The van der Waals surface area contributed by atoms with Gasteiger partial charge in [-0.25, -0.2) is 0 Å². The molecule has 0 aromatic heterocycles. The normalized spacial score (nSPS) is 25.4. The lowest BCUT2D eigenvalue weighted by Gasteiger charge is -2.36. The van der Waals surface area contributed by atoms with E-state index in [0.29, 0.717) is 12.1 Å². The van der Waals surface area contributed by atoms with Crippen LogP contribution in [0.3, 0.4) is 0 Å². The average Bonchev–Trinajstić information content (AvgIpc) is 2.20. The Morgan fingerprint density at radius 3 is 2.18 bits per heavy atom. The molecule has 2 atom stereocenters. The zero-order valence-corrected chi connectivity index (χ0v) is 11.8. The van der Waals surface area contributed by atoms with Gasteiger partial charge in [0.05, 0.1) is 0 Å². The van der Waals surface area contributed by atoms with Gasteiger partial charge in [-0.1, -0.05) is 29.8 Å². The first-order valence-corrected chi connectivity index (χ1v) is 6.17. The fraction of sp³-hybridized carbons (Fsp3) is 0.571. The molecule has 0 radical (unpaired) electrons. The van der Waals surface area contributed by atoms with Gasteiger partial charge in [0, 0.05) is 31.7 Å². The Hall–Kier alpha value is -0.570. The minimum atomic E-state index is 0. The number of hydrogen-bond donors (Lipinski definition) is 1. The van der Waals surface area contributed by atoms with Crippen LogP contribution >= 0.6 is 12.4 Å². The number of rotatable bonds is 2. The smallest absolute Gasteiger partial charge is 0.0235 e. The van der Waals surface area contributed by atoms with Crippen molar-refractivity contribution in [3.05, 3.63) is 35.4 Å². The molecule has 0 amide bonds. The van der Waals surface area contributed by atoms with Crippen LogP contribution in [0.15, 0.2) is 24.3 Å². The first kappa shape index (κ1) is 14.5. The second kappa shape index (κ2) is 6.39. The summed E-state index contributed by atoms with van der Waals surface area (Å²) in [5.41, 5.74) is 2.76. The van der Waals surface area contributed by atoms with E-state index in [1.54, 1.807) is 0 Å². The highest BCUT2D eigenvalue weighted by Crippen LogP contribution is 2.10. The van der Waals surface area contributed by atoms with Gasteiger partial charge in [-0.3, -0.25) is 4.90 Å². The van der Waals surface area contributed by atoms with Crippen LogP contribution in [0, 0.1) is 6.92 Å². The van der Waals surface area contributed by atoms with Crippen LogP contribution in [0.4, 0.5) is 0 Å². The van der Waals surface area contributed by atoms with E-state index in [-0.39, 0.29) is 12.4 Å². The lowest BCUT2D eigenvalue weighted by molar-refractivity contribution is 0.166. The van der Waals surface area contributed by atoms with Crippen molar-refractivity contribution in [3.8, 4) is 0 Å². The topological polar surface area (TPSA) is 15.3 Å². The zero-order chi connectivity index (χ0) is 11.5. The molecule has 1 aromatic carbocycles. The van der Waals surface area contributed by atoms with Gasteiger partial charge >= 0.3 is 0 Å². The molecular formula is C14H23ClN2. The number of nitrogens with zero attached hydrogens (tertiary/aromatic N) is 1. The van der Waals surface area contributed by atoms with Gasteiger partial charge in [-0.15, -0.1) is 12.4 Å². The Labute approximate surface area is 111 Å². The van der Waals surface area contributed by atoms with Crippen molar-refractivity contribution in [2.24, 2.45) is 0 Å². The third kappa shape index (κ3) is 4.30. The molecule has 1 heterocycles. The molecule has 0 bridgehead atoms. The monoisotopic (exact) mass is 254 g/mol. The highest BCUT2D eigenvalue weighted by molar-refractivity contribution is 5.85. The summed E-state index contributed by atoms with van der Waals surface area (Å²) in [5.74, 6) is 0. The Balaban J connectivity index is 0.00000144. The SMILES string of the molecule is Cc1ccc(CN2CC(C)NC(C)C2)cc1.Cl. The fourth-order valence-electron chi connectivity index (χ4n) is 2.52. The molecule has 96 valence electrons. The van der Waals surface area contributed by atoms with Crippen molar-refractivity contribution >= 4 is 12.4 Å². The maximum atomic E-state index is 3.56. The van der Waals surface area contributed by atoms with Crippen molar-refractivity contribution in [1.29, 1.82) is 0 Å². The van der Waals surface area contributed by atoms with E-state index in [0.717, 1.165) is 19.6 Å². The average molecular weight is 255 g/mol. The summed E-state index contributed by atoms with van der Waals surface area (Å²) >= 11 is 0. The molecule has 0 saturated carbocycles. The predicted molar refractivity (Wildman–Crippen MR) is 75.8 cm³/mol. The predicted octanol–water partition coefficient (Wildman–Crippen LogP) is 2.60. The summed E-state index contributed by atoms with van der Waals surface area (Å²) in [7, 11) is 0. The Morgan fingerprint density at radius 1 is 1.12 bits per heavy atom. The maximum Gasteiger partial charge on any atom is 0.0235 e. The Morgan fingerprint density at radius 2 is 1.65 bits per heavy atom. The molecule has 1 N–H and O–H groups in total. The molecule has 1 aromatic rings. The van der Waals surface area contributed by atoms with Crippen LogP contribution < -0.4 is 5.32 Å². The summed E-state index contributed by atoms with van der Waals surface area (Å²) in [5, 5.41) is 3.56. The van der Waals surface area contributed by atoms with E-state index < -0.39 is 0 Å². The summed E-state index contributed by atoms with van der Waals surface area (Å²) in [4.78, 5) is 2.54. The number of piperazine rings is 1. The van der Waals surface area contributed by atoms with Crippen molar-refractivity contribution in [3.63, 3.8) is 0 Å². The van der Waals surface area contributed by atoms with E-state index in [2.05, 4.69) is 55.3 Å². The minimum absolute atomic E-state index is 0. The van der Waals surface area contributed by atoms with Gasteiger partial charge in [0.2, 0.25) is 0 Å². The molecule has 3 heteroatoms. The molecule has 2 unspecified atom stereocenters. The number of benzene rings is 1. The van der Waals surface area contributed by atoms with Gasteiger partial charge in [0.1, 0.15) is 0 Å². The molecule has 1 aliphatic rings. The molecule has 0 aliphatic carbocycles. The molecule has 17 heavy (non-hydrogen) atoms. The van der Waals surface area contributed by atoms with Gasteiger partial charge in [0.15, 0.2) is 0 Å². The van der Waals surface area contributed by atoms with E-state index in [1.807, 2.05) is 0 Å². The van der Waals surface area contributed by atoms with Crippen LogP contribution in [0.5, 0.6) is 0 Å². The first-order chi connectivity index (χ1) is 7.63. The molecule has 2 rings (SSSR count). The summed E-state index contributed by atoms with van der Waals surface area (Å²) in [6.45, 7) is 10.0. The number of nitrogens with one attached hydrogen (secondary N) is 1. The van der Waals surface area contributed by atoms with Crippen molar-refractivity contribution in [1.82, 2.24) is 10.2 Å². The van der Waals surface area contributed by atoms with E-state index in [1.165, 1.54) is 11.1 Å². The van der Waals surface area contributed by atoms with E-state index in [4.69, 9.17) is 0 Å². The summed E-state index contributed by atoms with van der Waals surface area (Å²) in [6, 6.07) is 10.1. The van der Waals surface area contributed by atoms with Gasteiger partial charge in [0.25, 0.3) is 0 Å².